The van der Waals surface area contributed by atoms with Crippen molar-refractivity contribution < 1.29 is 4.39 Å². The van der Waals surface area contributed by atoms with E-state index < -0.39 is 0 Å². The summed E-state index contributed by atoms with van der Waals surface area (Å²) in [6.45, 7) is 2.30. The van der Waals surface area contributed by atoms with Crippen LogP contribution in [0.5, 0.6) is 0 Å². The largest absolute Gasteiger partial charge is 0.361 e. The highest BCUT2D eigenvalue weighted by Gasteiger charge is 2.39. The third kappa shape index (κ3) is 2.91. The van der Waals surface area contributed by atoms with Crippen LogP contribution < -0.4 is 5.32 Å². The second-order valence-electron chi connectivity index (χ2n) is 7.20. The van der Waals surface area contributed by atoms with Crippen LogP contribution in [0.2, 0.25) is 0 Å². The summed E-state index contributed by atoms with van der Waals surface area (Å²) < 4.78 is 13.5. The van der Waals surface area contributed by atoms with Crippen LogP contribution in [-0.2, 0) is 0 Å². The van der Waals surface area contributed by atoms with E-state index in [0.717, 1.165) is 29.3 Å². The third-order valence-corrected chi connectivity index (χ3v) is 5.56. The number of fused-ring (bicyclic) bond motifs is 1. The molecule has 2 aliphatic carbocycles. The van der Waals surface area contributed by atoms with Crippen LogP contribution in [0.1, 0.15) is 50.0 Å². The lowest BCUT2D eigenvalue weighted by molar-refractivity contribution is 0.340. The average molecular weight is 300 g/mol. The molecule has 2 aromatic rings. The van der Waals surface area contributed by atoms with Gasteiger partial charge < -0.3 is 10.3 Å². The molecule has 2 saturated carbocycles. The summed E-state index contributed by atoms with van der Waals surface area (Å²) in [5, 5.41) is 4.75. The topological polar surface area (TPSA) is 27.8 Å². The van der Waals surface area contributed by atoms with Crippen LogP contribution in [-0.4, -0.2) is 18.1 Å². The molecular weight excluding hydrogens is 275 g/mol. The minimum atomic E-state index is -0.138. The fraction of sp³-hybridized carbons (Fsp3) is 0.579. The first-order valence-corrected chi connectivity index (χ1v) is 8.78. The van der Waals surface area contributed by atoms with Crippen molar-refractivity contribution in [3.05, 3.63) is 35.8 Å². The van der Waals surface area contributed by atoms with Gasteiger partial charge in [-0.25, -0.2) is 4.39 Å². The molecule has 2 unspecified atom stereocenters. The molecule has 118 valence electrons. The Morgan fingerprint density at radius 1 is 1.14 bits per heavy atom. The van der Waals surface area contributed by atoms with Crippen molar-refractivity contribution in [1.29, 1.82) is 0 Å². The van der Waals surface area contributed by atoms with Crippen molar-refractivity contribution in [3.8, 4) is 0 Å². The number of benzene rings is 1. The molecule has 0 radical (unpaired) electrons. The zero-order chi connectivity index (χ0) is 14.9. The molecule has 2 atom stereocenters. The van der Waals surface area contributed by atoms with Crippen molar-refractivity contribution in [2.24, 2.45) is 11.8 Å². The number of H-pyrrole nitrogens is 1. The Balaban J connectivity index is 1.32. The number of hydrogen-bond donors (Lipinski definition) is 2. The number of rotatable bonds is 5. The van der Waals surface area contributed by atoms with Crippen LogP contribution in [0.15, 0.2) is 24.4 Å². The molecule has 1 aromatic carbocycles. The summed E-state index contributed by atoms with van der Waals surface area (Å²) >= 11 is 0. The zero-order valence-electron chi connectivity index (χ0n) is 13.1. The van der Waals surface area contributed by atoms with Gasteiger partial charge in [-0.3, -0.25) is 0 Å². The molecule has 1 aromatic heterocycles. The average Bonchev–Trinajstić information content (AvgIpc) is 3.18. The molecular formula is C19H25FN2. The summed E-state index contributed by atoms with van der Waals surface area (Å²) in [7, 11) is 0. The lowest BCUT2D eigenvalue weighted by Gasteiger charge is -2.21. The number of aromatic nitrogens is 1. The molecule has 2 N–H and O–H groups in total. The van der Waals surface area contributed by atoms with E-state index in [9.17, 15) is 4.39 Å². The number of nitrogens with one attached hydrogen (secondary N) is 2. The molecule has 3 heteroatoms. The summed E-state index contributed by atoms with van der Waals surface area (Å²) in [6, 6.07) is 5.04. The molecule has 4 rings (SSSR count). The minimum Gasteiger partial charge on any atom is -0.361 e. The Bertz CT molecular complexity index is 642. The fourth-order valence-electron chi connectivity index (χ4n) is 4.14. The molecule has 22 heavy (non-hydrogen) atoms. The van der Waals surface area contributed by atoms with E-state index >= 15 is 0 Å². The predicted molar refractivity (Wildman–Crippen MR) is 88.5 cm³/mol. The highest BCUT2D eigenvalue weighted by atomic mass is 19.1. The Labute approximate surface area is 131 Å². The molecule has 2 fully saturated rings. The van der Waals surface area contributed by atoms with Crippen LogP contribution >= 0.6 is 0 Å². The van der Waals surface area contributed by atoms with Gasteiger partial charge in [0.15, 0.2) is 0 Å². The van der Waals surface area contributed by atoms with Gasteiger partial charge in [0.25, 0.3) is 0 Å². The van der Waals surface area contributed by atoms with Crippen LogP contribution in [0.3, 0.4) is 0 Å². The normalized spacial score (nSPS) is 25.7. The Hall–Kier alpha value is -1.35. The Morgan fingerprint density at radius 2 is 2.00 bits per heavy atom. The van der Waals surface area contributed by atoms with Gasteiger partial charge >= 0.3 is 0 Å². The number of hydrogen-bond acceptors (Lipinski definition) is 1. The van der Waals surface area contributed by atoms with Crippen molar-refractivity contribution in [3.63, 3.8) is 0 Å². The molecule has 0 saturated heterocycles. The van der Waals surface area contributed by atoms with E-state index in [4.69, 9.17) is 0 Å². The number of halogens is 1. The molecule has 0 aliphatic heterocycles. The smallest absolute Gasteiger partial charge is 0.123 e. The Morgan fingerprint density at radius 3 is 2.86 bits per heavy atom. The van der Waals surface area contributed by atoms with E-state index in [1.807, 2.05) is 6.07 Å². The quantitative estimate of drug-likeness (QED) is 0.831. The molecule has 0 bridgehead atoms. The van der Waals surface area contributed by atoms with Gasteiger partial charge in [0, 0.05) is 17.1 Å². The summed E-state index contributed by atoms with van der Waals surface area (Å²) in [5.74, 6) is 2.09. The first-order valence-electron chi connectivity index (χ1n) is 8.78. The maximum absolute atomic E-state index is 13.5. The fourth-order valence-corrected chi connectivity index (χ4v) is 4.14. The third-order valence-electron chi connectivity index (χ3n) is 5.56. The van der Waals surface area contributed by atoms with Crippen molar-refractivity contribution in [1.82, 2.24) is 10.3 Å². The lowest BCUT2D eigenvalue weighted by Crippen LogP contribution is -2.26. The predicted octanol–water partition coefficient (Wildman–Crippen LogP) is 4.58. The van der Waals surface area contributed by atoms with Gasteiger partial charge in [-0.1, -0.05) is 19.3 Å². The molecule has 1 heterocycles. The van der Waals surface area contributed by atoms with Crippen molar-refractivity contribution in [2.75, 3.05) is 13.1 Å². The Kier molecular flexibility index (Phi) is 3.91. The van der Waals surface area contributed by atoms with Gasteiger partial charge in [-0.2, -0.15) is 0 Å². The van der Waals surface area contributed by atoms with E-state index in [1.54, 1.807) is 6.07 Å². The monoisotopic (exact) mass is 300 g/mol. The van der Waals surface area contributed by atoms with E-state index in [-0.39, 0.29) is 5.82 Å². The van der Waals surface area contributed by atoms with E-state index in [2.05, 4.69) is 16.5 Å². The van der Waals surface area contributed by atoms with Gasteiger partial charge in [0.1, 0.15) is 5.82 Å². The SMILES string of the molecule is Fc1ccc2[nH]cc(C3CC3CNCC3CCCCC3)c2c1. The second-order valence-corrected chi connectivity index (χ2v) is 7.20. The molecule has 2 aliphatic rings. The van der Waals surface area contributed by atoms with Gasteiger partial charge in [0.2, 0.25) is 0 Å². The van der Waals surface area contributed by atoms with Gasteiger partial charge in [-0.15, -0.1) is 0 Å². The van der Waals surface area contributed by atoms with Crippen molar-refractivity contribution in [2.45, 2.75) is 44.4 Å². The van der Waals surface area contributed by atoms with Gasteiger partial charge in [-0.05, 0) is 73.9 Å². The molecule has 0 spiro atoms. The minimum absolute atomic E-state index is 0.138. The van der Waals surface area contributed by atoms with Gasteiger partial charge in [0.05, 0.1) is 0 Å². The highest BCUT2D eigenvalue weighted by molar-refractivity contribution is 5.84. The summed E-state index contributed by atoms with van der Waals surface area (Å²) in [5.41, 5.74) is 2.36. The van der Waals surface area contributed by atoms with E-state index in [0.29, 0.717) is 5.92 Å². The van der Waals surface area contributed by atoms with Crippen LogP contribution in [0.25, 0.3) is 10.9 Å². The number of aromatic amines is 1. The lowest BCUT2D eigenvalue weighted by atomic mass is 9.89. The van der Waals surface area contributed by atoms with Crippen LogP contribution in [0.4, 0.5) is 4.39 Å². The summed E-state index contributed by atoms with van der Waals surface area (Å²) in [6.07, 6.45) is 10.4. The molecule has 2 nitrogen and oxygen atoms in total. The maximum atomic E-state index is 13.5. The first kappa shape index (κ1) is 14.3. The van der Waals surface area contributed by atoms with Crippen molar-refractivity contribution >= 4 is 10.9 Å². The first-order chi connectivity index (χ1) is 10.8. The maximum Gasteiger partial charge on any atom is 0.123 e. The van der Waals surface area contributed by atoms with E-state index in [1.165, 1.54) is 56.7 Å². The van der Waals surface area contributed by atoms with Crippen LogP contribution in [0, 0.1) is 17.7 Å². The zero-order valence-corrected chi connectivity index (χ0v) is 13.1. The summed E-state index contributed by atoms with van der Waals surface area (Å²) in [4.78, 5) is 3.28. The highest BCUT2D eigenvalue weighted by Crippen LogP contribution is 2.49. The second kappa shape index (κ2) is 6.04. The molecule has 0 amide bonds. The standard InChI is InChI=1S/C19H25FN2/c20-15-6-7-19-17(9-15)18(12-22-19)16-8-14(16)11-21-10-13-4-2-1-3-5-13/h6-7,9,12-14,16,21-22H,1-5,8,10-11H2.